The molecule has 0 aliphatic heterocycles. The van der Waals surface area contributed by atoms with Crippen LogP contribution < -0.4 is 5.32 Å². The fourth-order valence-corrected chi connectivity index (χ4v) is 3.37. The molecule has 21 heavy (non-hydrogen) atoms. The van der Waals surface area contributed by atoms with Crippen molar-refractivity contribution in [1.82, 2.24) is 14.9 Å². The number of hydrogen-bond donors (Lipinski definition) is 1. The highest BCUT2D eigenvalue weighted by Gasteiger charge is 2.21. The lowest BCUT2D eigenvalue weighted by molar-refractivity contribution is 0.549. The summed E-state index contributed by atoms with van der Waals surface area (Å²) in [4.78, 5) is 4.52. The Morgan fingerprint density at radius 3 is 3.05 bits per heavy atom. The maximum atomic E-state index is 4.52. The van der Waals surface area contributed by atoms with Gasteiger partial charge >= 0.3 is 0 Å². The Morgan fingerprint density at radius 1 is 1.33 bits per heavy atom. The maximum absolute atomic E-state index is 4.52. The number of hydrogen-bond acceptors (Lipinski definition) is 2. The highest BCUT2D eigenvalue weighted by atomic mass is 15.1. The summed E-state index contributed by atoms with van der Waals surface area (Å²) in [5.41, 5.74) is 4.40. The number of aromatic nitrogens is 2. The summed E-state index contributed by atoms with van der Waals surface area (Å²) >= 11 is 0. The van der Waals surface area contributed by atoms with E-state index in [1.54, 1.807) is 0 Å². The van der Waals surface area contributed by atoms with Crippen molar-refractivity contribution >= 4 is 0 Å². The van der Waals surface area contributed by atoms with Crippen LogP contribution in [-0.2, 0) is 19.4 Å². The highest BCUT2D eigenvalue weighted by molar-refractivity contribution is 5.38. The van der Waals surface area contributed by atoms with Crippen LogP contribution >= 0.6 is 0 Å². The Hall–Kier alpha value is -1.61. The van der Waals surface area contributed by atoms with Crippen molar-refractivity contribution in [2.24, 2.45) is 0 Å². The molecule has 0 fully saturated rings. The van der Waals surface area contributed by atoms with E-state index in [-0.39, 0.29) is 0 Å². The largest absolute Gasteiger partial charge is 0.335 e. The molecular formula is C18H25N3. The summed E-state index contributed by atoms with van der Waals surface area (Å²) in [5, 5.41) is 3.58. The average Bonchev–Trinajstić information content (AvgIpc) is 3.08. The molecule has 1 unspecified atom stereocenters. The highest BCUT2D eigenvalue weighted by Crippen LogP contribution is 2.32. The molecule has 0 amide bonds. The number of nitrogens with zero attached hydrogens (tertiary/aromatic N) is 2. The van der Waals surface area contributed by atoms with E-state index in [9.17, 15) is 0 Å². The molecule has 1 aromatic heterocycles. The van der Waals surface area contributed by atoms with Gasteiger partial charge in [-0.25, -0.2) is 4.98 Å². The Morgan fingerprint density at radius 2 is 2.24 bits per heavy atom. The fourth-order valence-electron chi connectivity index (χ4n) is 3.37. The normalized spacial score (nSPS) is 17.1. The first-order valence-corrected chi connectivity index (χ1v) is 8.17. The second-order valence-electron chi connectivity index (χ2n) is 5.90. The van der Waals surface area contributed by atoms with Gasteiger partial charge in [0.2, 0.25) is 0 Å². The molecule has 0 spiro atoms. The predicted octanol–water partition coefficient (Wildman–Crippen LogP) is 3.48. The van der Waals surface area contributed by atoms with E-state index < -0.39 is 0 Å². The predicted molar refractivity (Wildman–Crippen MR) is 86.5 cm³/mol. The van der Waals surface area contributed by atoms with Gasteiger partial charge in [-0.3, -0.25) is 0 Å². The van der Waals surface area contributed by atoms with Gasteiger partial charge in [-0.1, -0.05) is 32.0 Å². The zero-order valence-electron chi connectivity index (χ0n) is 13.1. The van der Waals surface area contributed by atoms with Gasteiger partial charge in [-0.2, -0.15) is 0 Å². The van der Waals surface area contributed by atoms with Crippen molar-refractivity contribution in [3.63, 3.8) is 0 Å². The Balaban J connectivity index is 1.77. The van der Waals surface area contributed by atoms with Crippen LogP contribution in [0.3, 0.4) is 0 Å². The number of fused-ring (bicyclic) bond motifs is 1. The van der Waals surface area contributed by atoms with E-state index >= 15 is 0 Å². The third-order valence-corrected chi connectivity index (χ3v) is 4.36. The lowest BCUT2D eigenvalue weighted by atomic mass is 10.0. The second-order valence-corrected chi connectivity index (χ2v) is 5.90. The first kappa shape index (κ1) is 14.3. The van der Waals surface area contributed by atoms with E-state index in [0.29, 0.717) is 6.04 Å². The van der Waals surface area contributed by atoms with Gasteiger partial charge in [0.25, 0.3) is 0 Å². The summed E-state index contributed by atoms with van der Waals surface area (Å²) in [6.45, 7) is 6.49. The van der Waals surface area contributed by atoms with E-state index in [4.69, 9.17) is 0 Å². The molecule has 3 nitrogen and oxygen atoms in total. The monoisotopic (exact) mass is 283 g/mol. The molecule has 1 aliphatic rings. The van der Waals surface area contributed by atoms with Crippen LogP contribution in [0.15, 0.2) is 30.6 Å². The van der Waals surface area contributed by atoms with Crippen molar-refractivity contribution in [3.05, 3.63) is 53.1 Å². The van der Waals surface area contributed by atoms with Crippen molar-refractivity contribution in [1.29, 1.82) is 0 Å². The van der Waals surface area contributed by atoms with Crippen LogP contribution in [0.5, 0.6) is 0 Å². The molecule has 1 heterocycles. The maximum Gasteiger partial charge on any atom is 0.113 e. The van der Waals surface area contributed by atoms with Crippen LogP contribution in [-0.4, -0.2) is 16.1 Å². The van der Waals surface area contributed by atoms with Crippen molar-refractivity contribution in [2.45, 2.75) is 52.1 Å². The van der Waals surface area contributed by atoms with Crippen molar-refractivity contribution in [2.75, 3.05) is 6.54 Å². The quantitative estimate of drug-likeness (QED) is 0.879. The first-order chi connectivity index (χ1) is 10.3. The average molecular weight is 283 g/mol. The molecule has 0 radical (unpaired) electrons. The molecule has 1 atom stereocenters. The van der Waals surface area contributed by atoms with E-state index in [1.165, 1.54) is 35.4 Å². The minimum absolute atomic E-state index is 0.557. The molecule has 2 aromatic rings. The Kier molecular flexibility index (Phi) is 4.39. The van der Waals surface area contributed by atoms with Crippen LogP contribution in [0, 0.1) is 0 Å². The number of aryl methyl sites for hydroxylation is 2. The summed E-state index contributed by atoms with van der Waals surface area (Å²) in [7, 11) is 0. The van der Waals surface area contributed by atoms with E-state index in [0.717, 1.165) is 25.9 Å². The molecule has 1 aliphatic carbocycles. The summed E-state index contributed by atoms with van der Waals surface area (Å²) < 4.78 is 2.27. The van der Waals surface area contributed by atoms with Gasteiger partial charge in [0.05, 0.1) is 0 Å². The Bertz CT molecular complexity index is 600. The van der Waals surface area contributed by atoms with Gasteiger partial charge < -0.3 is 9.88 Å². The summed E-state index contributed by atoms with van der Waals surface area (Å²) in [5.74, 6) is 1.18. The number of nitrogens with one attached hydrogen (secondary N) is 1. The minimum Gasteiger partial charge on any atom is -0.335 e. The SMILES string of the molecule is CCCn1ccnc1Cc1ccc2c(c1)CCC2NCC. The number of imidazole rings is 1. The van der Waals surface area contributed by atoms with Gasteiger partial charge in [-0.05, 0) is 42.5 Å². The fraction of sp³-hybridized carbons (Fsp3) is 0.500. The Labute approximate surface area is 127 Å². The first-order valence-electron chi connectivity index (χ1n) is 8.17. The summed E-state index contributed by atoms with van der Waals surface area (Å²) in [6.07, 6.45) is 8.53. The summed E-state index contributed by atoms with van der Waals surface area (Å²) in [6, 6.07) is 7.54. The lowest BCUT2D eigenvalue weighted by Gasteiger charge is -2.13. The third kappa shape index (κ3) is 3.03. The molecule has 3 heteroatoms. The van der Waals surface area contributed by atoms with Crippen molar-refractivity contribution < 1.29 is 0 Å². The van der Waals surface area contributed by atoms with E-state index in [1.807, 2.05) is 6.20 Å². The zero-order valence-corrected chi connectivity index (χ0v) is 13.1. The van der Waals surface area contributed by atoms with Crippen LogP contribution in [0.4, 0.5) is 0 Å². The molecule has 0 saturated carbocycles. The van der Waals surface area contributed by atoms with Gasteiger partial charge in [-0.15, -0.1) is 0 Å². The molecule has 1 N–H and O–H groups in total. The molecule has 0 saturated heterocycles. The van der Waals surface area contributed by atoms with Crippen LogP contribution in [0.2, 0.25) is 0 Å². The molecular weight excluding hydrogens is 258 g/mol. The van der Waals surface area contributed by atoms with E-state index in [2.05, 4.69) is 53.1 Å². The lowest BCUT2D eigenvalue weighted by Crippen LogP contribution is -2.18. The minimum atomic E-state index is 0.557. The zero-order chi connectivity index (χ0) is 14.7. The van der Waals surface area contributed by atoms with Crippen LogP contribution in [0.25, 0.3) is 0 Å². The number of rotatable bonds is 6. The molecule has 112 valence electrons. The standard InChI is InChI=1S/C18H25N3/c1-3-10-21-11-9-20-18(21)13-14-5-7-16-15(12-14)6-8-17(16)19-4-2/h5,7,9,11-12,17,19H,3-4,6,8,10,13H2,1-2H3. The molecule has 3 rings (SSSR count). The molecule has 0 bridgehead atoms. The second kappa shape index (κ2) is 6.44. The molecule has 1 aromatic carbocycles. The third-order valence-electron chi connectivity index (χ3n) is 4.36. The number of benzene rings is 1. The van der Waals surface area contributed by atoms with Gasteiger partial charge in [0, 0.05) is 31.4 Å². The van der Waals surface area contributed by atoms with Crippen molar-refractivity contribution in [3.8, 4) is 0 Å². The van der Waals surface area contributed by atoms with Gasteiger partial charge in [0.1, 0.15) is 5.82 Å². The van der Waals surface area contributed by atoms with Crippen LogP contribution in [0.1, 0.15) is 55.2 Å². The smallest absolute Gasteiger partial charge is 0.113 e. The topological polar surface area (TPSA) is 29.9 Å². The van der Waals surface area contributed by atoms with Gasteiger partial charge in [0.15, 0.2) is 0 Å².